The van der Waals surface area contributed by atoms with Crippen LogP contribution in [0.4, 0.5) is 0 Å². The molecule has 1 fully saturated rings. The largest absolute Gasteiger partial charge is 0.320 e. The monoisotopic (exact) mass is 144 g/mol. The van der Waals surface area contributed by atoms with Gasteiger partial charge in [0.05, 0.1) is 6.04 Å². The molecule has 1 amide bonds. The van der Waals surface area contributed by atoms with E-state index in [0.29, 0.717) is 12.3 Å². The number of hydrogen-bond donors (Lipinski definition) is 3. The van der Waals surface area contributed by atoms with Crippen LogP contribution in [0.2, 0.25) is 0 Å². The van der Waals surface area contributed by atoms with Crippen LogP contribution in [-0.2, 0) is 4.79 Å². The molecule has 10 heavy (non-hydrogen) atoms. The molecule has 1 unspecified atom stereocenters. The molecule has 0 heterocycles. The highest BCUT2D eigenvalue weighted by Crippen LogP contribution is 2.32. The predicted octanol–water partition coefficient (Wildman–Crippen LogP) is -0.381. The average molecular weight is 144 g/mol. The second-order valence-electron chi connectivity index (χ2n) is 2.76. The highest BCUT2D eigenvalue weighted by Gasteiger charge is 2.26. The summed E-state index contributed by atoms with van der Waals surface area (Å²) in [6.45, 7) is 0. The van der Waals surface area contributed by atoms with Crippen molar-refractivity contribution in [2.75, 3.05) is 0 Å². The topological polar surface area (TPSA) is 75.4 Å². The first-order valence-corrected chi connectivity index (χ1v) is 3.43. The fraction of sp³-hybridized carbons (Fsp3) is 0.833. The Balaban J connectivity index is 2.18. The van der Waals surface area contributed by atoms with Gasteiger partial charge in [0.1, 0.15) is 0 Å². The molecule has 0 aromatic rings. The highest BCUT2D eigenvalue weighted by molar-refractivity contribution is 5.80. The van der Waals surface area contributed by atoms with Gasteiger partial charge in [-0.25, -0.2) is 5.48 Å². The molecule has 4 N–H and O–H groups in total. The lowest BCUT2D eigenvalue weighted by atomic mass is 10.1. The molecule has 1 saturated carbocycles. The van der Waals surface area contributed by atoms with Gasteiger partial charge in [0, 0.05) is 0 Å². The molecule has 1 aliphatic rings. The zero-order valence-electron chi connectivity index (χ0n) is 5.71. The van der Waals surface area contributed by atoms with E-state index in [-0.39, 0.29) is 0 Å². The summed E-state index contributed by atoms with van der Waals surface area (Å²) in [4.78, 5) is 10.6. The molecule has 1 aliphatic carbocycles. The van der Waals surface area contributed by atoms with E-state index in [9.17, 15) is 4.79 Å². The molecular weight excluding hydrogens is 132 g/mol. The van der Waals surface area contributed by atoms with Crippen molar-refractivity contribution in [1.29, 1.82) is 0 Å². The molecular formula is C6H12N2O2. The molecule has 4 heteroatoms. The van der Waals surface area contributed by atoms with Crippen molar-refractivity contribution in [3.8, 4) is 0 Å². The molecule has 0 aromatic heterocycles. The minimum absolute atomic E-state index is 0.480. The van der Waals surface area contributed by atoms with Gasteiger partial charge in [0.25, 0.3) is 5.91 Å². The van der Waals surface area contributed by atoms with E-state index in [1.807, 2.05) is 0 Å². The molecule has 0 aromatic carbocycles. The van der Waals surface area contributed by atoms with Crippen LogP contribution in [0.5, 0.6) is 0 Å². The molecule has 0 bridgehead atoms. The van der Waals surface area contributed by atoms with Crippen LogP contribution in [0, 0.1) is 5.92 Å². The van der Waals surface area contributed by atoms with E-state index in [1.54, 1.807) is 0 Å². The smallest absolute Gasteiger partial charge is 0.260 e. The lowest BCUT2D eigenvalue weighted by Gasteiger charge is -2.06. The van der Waals surface area contributed by atoms with E-state index in [4.69, 9.17) is 10.9 Å². The first-order chi connectivity index (χ1) is 4.74. The Bertz CT molecular complexity index is 134. The van der Waals surface area contributed by atoms with Crippen molar-refractivity contribution in [3.05, 3.63) is 0 Å². The average Bonchev–Trinajstić information content (AvgIpc) is 2.70. The Morgan fingerprint density at radius 2 is 2.40 bits per heavy atom. The summed E-state index contributed by atoms with van der Waals surface area (Å²) in [6.07, 6.45) is 3.05. The first-order valence-electron chi connectivity index (χ1n) is 3.43. The van der Waals surface area contributed by atoms with Crippen LogP contribution in [0.25, 0.3) is 0 Å². The first kappa shape index (κ1) is 7.50. The number of carbonyl (C=O) groups excluding carboxylic acids is 1. The van der Waals surface area contributed by atoms with Crippen molar-refractivity contribution in [1.82, 2.24) is 5.48 Å². The van der Waals surface area contributed by atoms with E-state index >= 15 is 0 Å². The van der Waals surface area contributed by atoms with Crippen LogP contribution in [0.3, 0.4) is 0 Å². The van der Waals surface area contributed by atoms with Gasteiger partial charge < -0.3 is 5.73 Å². The normalized spacial score (nSPS) is 20.2. The molecule has 1 atom stereocenters. The summed E-state index contributed by atoms with van der Waals surface area (Å²) < 4.78 is 0. The molecule has 1 rings (SSSR count). The Morgan fingerprint density at radius 1 is 1.80 bits per heavy atom. The predicted molar refractivity (Wildman–Crippen MR) is 35.2 cm³/mol. The van der Waals surface area contributed by atoms with Gasteiger partial charge in [-0.15, -0.1) is 0 Å². The van der Waals surface area contributed by atoms with Gasteiger partial charge in [0.2, 0.25) is 0 Å². The third-order valence-electron chi connectivity index (χ3n) is 1.73. The van der Waals surface area contributed by atoms with Gasteiger partial charge >= 0.3 is 0 Å². The number of nitrogens with one attached hydrogen (secondary N) is 1. The minimum atomic E-state index is -0.530. The summed E-state index contributed by atoms with van der Waals surface area (Å²) in [5.41, 5.74) is 6.93. The zero-order valence-corrected chi connectivity index (χ0v) is 5.71. The number of hydroxylamine groups is 1. The number of rotatable bonds is 3. The Kier molecular flexibility index (Phi) is 2.24. The Morgan fingerprint density at radius 3 is 2.80 bits per heavy atom. The summed E-state index contributed by atoms with van der Waals surface area (Å²) in [7, 11) is 0. The molecule has 0 saturated heterocycles. The second-order valence-corrected chi connectivity index (χ2v) is 2.76. The number of nitrogens with two attached hydrogens (primary N) is 1. The van der Waals surface area contributed by atoms with Crippen molar-refractivity contribution < 1.29 is 10.0 Å². The van der Waals surface area contributed by atoms with Gasteiger partial charge in [0.15, 0.2) is 0 Å². The lowest BCUT2D eigenvalue weighted by Crippen LogP contribution is -2.39. The van der Waals surface area contributed by atoms with Crippen LogP contribution >= 0.6 is 0 Å². The van der Waals surface area contributed by atoms with Crippen molar-refractivity contribution in [2.45, 2.75) is 25.3 Å². The standard InChI is InChI=1S/C6H12N2O2/c7-5(6(9)8-10)3-4-1-2-4/h4-5,10H,1-3,7H2,(H,8,9). The van der Waals surface area contributed by atoms with E-state index in [0.717, 1.165) is 0 Å². The maximum Gasteiger partial charge on any atom is 0.260 e. The van der Waals surface area contributed by atoms with E-state index < -0.39 is 11.9 Å². The van der Waals surface area contributed by atoms with Crippen LogP contribution in [0.1, 0.15) is 19.3 Å². The molecule has 58 valence electrons. The molecule has 0 radical (unpaired) electrons. The van der Waals surface area contributed by atoms with E-state index in [2.05, 4.69) is 0 Å². The quantitative estimate of drug-likeness (QED) is 0.373. The number of amides is 1. The highest BCUT2D eigenvalue weighted by atomic mass is 16.5. The minimum Gasteiger partial charge on any atom is -0.320 e. The van der Waals surface area contributed by atoms with Crippen LogP contribution < -0.4 is 11.2 Å². The lowest BCUT2D eigenvalue weighted by molar-refractivity contribution is -0.130. The summed E-state index contributed by atoms with van der Waals surface area (Å²) in [6, 6.07) is -0.530. The van der Waals surface area contributed by atoms with Gasteiger partial charge in [-0.1, -0.05) is 12.8 Å². The molecule has 0 spiro atoms. The SMILES string of the molecule is NC(CC1CC1)C(=O)NO. The van der Waals surface area contributed by atoms with Gasteiger partial charge in [-0.3, -0.25) is 10.0 Å². The van der Waals surface area contributed by atoms with Crippen LogP contribution in [0.15, 0.2) is 0 Å². The number of carbonyl (C=O) groups is 1. The third kappa shape index (κ3) is 1.97. The second kappa shape index (κ2) is 2.98. The van der Waals surface area contributed by atoms with E-state index in [1.165, 1.54) is 18.3 Å². The summed E-state index contributed by atoms with van der Waals surface area (Å²) in [5.74, 6) is 0.138. The van der Waals surface area contributed by atoms with Gasteiger partial charge in [-0.05, 0) is 12.3 Å². The third-order valence-corrected chi connectivity index (χ3v) is 1.73. The summed E-state index contributed by atoms with van der Waals surface area (Å²) >= 11 is 0. The van der Waals surface area contributed by atoms with Crippen molar-refractivity contribution in [2.24, 2.45) is 11.7 Å². The molecule has 4 nitrogen and oxygen atoms in total. The van der Waals surface area contributed by atoms with Crippen LogP contribution in [-0.4, -0.2) is 17.2 Å². The molecule has 0 aliphatic heterocycles. The fourth-order valence-corrected chi connectivity index (χ4v) is 0.903. The maximum absolute atomic E-state index is 10.6. The van der Waals surface area contributed by atoms with Crippen molar-refractivity contribution >= 4 is 5.91 Å². The Labute approximate surface area is 59.4 Å². The fourth-order valence-electron chi connectivity index (χ4n) is 0.903. The maximum atomic E-state index is 10.6. The number of hydrogen-bond acceptors (Lipinski definition) is 3. The zero-order chi connectivity index (χ0) is 7.56. The van der Waals surface area contributed by atoms with Gasteiger partial charge in [-0.2, -0.15) is 0 Å². The summed E-state index contributed by atoms with van der Waals surface area (Å²) in [5, 5.41) is 8.16. The van der Waals surface area contributed by atoms with Crippen molar-refractivity contribution in [3.63, 3.8) is 0 Å². The Hall–Kier alpha value is -0.610.